The summed E-state index contributed by atoms with van der Waals surface area (Å²) >= 11 is 5.88. The Labute approximate surface area is 144 Å². The molecule has 3 aromatic rings. The van der Waals surface area contributed by atoms with Gasteiger partial charge in [0, 0.05) is 5.56 Å². The summed E-state index contributed by atoms with van der Waals surface area (Å²) in [5.74, 6) is -0.568. The van der Waals surface area contributed by atoms with Crippen LogP contribution < -0.4 is 4.18 Å². The highest BCUT2D eigenvalue weighted by atomic mass is 35.5. The first-order valence-corrected chi connectivity index (χ1v) is 8.80. The fourth-order valence-electron chi connectivity index (χ4n) is 2.23. The van der Waals surface area contributed by atoms with E-state index in [1.165, 1.54) is 12.1 Å². The maximum Gasteiger partial charge on any atom is 0.340 e. The van der Waals surface area contributed by atoms with Crippen molar-refractivity contribution in [3.05, 3.63) is 83.6 Å². The Morgan fingerprint density at radius 2 is 1.54 bits per heavy atom. The lowest BCUT2D eigenvalue weighted by molar-refractivity contribution is 0.485. The van der Waals surface area contributed by atoms with Crippen molar-refractivity contribution in [2.75, 3.05) is 0 Å². The van der Waals surface area contributed by atoms with Gasteiger partial charge in [0.1, 0.15) is 10.7 Å². The summed E-state index contributed by atoms with van der Waals surface area (Å²) in [7, 11) is -4.27. The number of rotatable bonds is 4. The van der Waals surface area contributed by atoms with Crippen LogP contribution in [0.15, 0.2) is 77.7 Å². The van der Waals surface area contributed by atoms with Crippen molar-refractivity contribution in [2.24, 2.45) is 0 Å². The molecule has 3 nitrogen and oxygen atoms in total. The topological polar surface area (TPSA) is 43.4 Å². The Balaban J connectivity index is 2.04. The van der Waals surface area contributed by atoms with Gasteiger partial charge in [-0.2, -0.15) is 8.42 Å². The number of para-hydroxylation sites is 1. The number of halogens is 2. The van der Waals surface area contributed by atoms with Crippen molar-refractivity contribution in [1.82, 2.24) is 0 Å². The molecule has 3 aromatic carbocycles. The highest BCUT2D eigenvalue weighted by Gasteiger charge is 2.22. The van der Waals surface area contributed by atoms with Gasteiger partial charge >= 0.3 is 10.1 Å². The van der Waals surface area contributed by atoms with Crippen LogP contribution in [0.4, 0.5) is 4.39 Å². The zero-order valence-corrected chi connectivity index (χ0v) is 13.9. The lowest BCUT2D eigenvalue weighted by atomic mass is 10.1. The Kier molecular flexibility index (Phi) is 4.55. The van der Waals surface area contributed by atoms with Crippen LogP contribution in [0.2, 0.25) is 5.02 Å². The van der Waals surface area contributed by atoms with Crippen LogP contribution in [0.25, 0.3) is 11.1 Å². The Hall–Kier alpha value is -2.37. The largest absolute Gasteiger partial charge is 0.378 e. The molecule has 0 spiro atoms. The van der Waals surface area contributed by atoms with Crippen molar-refractivity contribution >= 4 is 21.7 Å². The van der Waals surface area contributed by atoms with Crippen molar-refractivity contribution in [1.29, 1.82) is 0 Å². The summed E-state index contributed by atoms with van der Waals surface area (Å²) in [6.07, 6.45) is 0. The van der Waals surface area contributed by atoms with Gasteiger partial charge in [0.25, 0.3) is 0 Å². The van der Waals surface area contributed by atoms with Crippen LogP contribution in [0.5, 0.6) is 5.75 Å². The van der Waals surface area contributed by atoms with E-state index in [2.05, 4.69) is 0 Å². The van der Waals surface area contributed by atoms with Gasteiger partial charge in [-0.25, -0.2) is 4.39 Å². The van der Waals surface area contributed by atoms with E-state index in [9.17, 15) is 12.8 Å². The third kappa shape index (κ3) is 3.42. The predicted molar refractivity (Wildman–Crippen MR) is 91.1 cm³/mol. The van der Waals surface area contributed by atoms with Gasteiger partial charge in [-0.15, -0.1) is 0 Å². The fourth-order valence-corrected chi connectivity index (χ4v) is 3.66. The van der Waals surface area contributed by atoms with E-state index in [1.807, 2.05) is 30.3 Å². The lowest BCUT2D eigenvalue weighted by Crippen LogP contribution is -2.11. The molecule has 0 saturated heterocycles. The molecule has 0 N–H and O–H groups in total. The zero-order chi connectivity index (χ0) is 17.2. The van der Waals surface area contributed by atoms with E-state index in [4.69, 9.17) is 15.8 Å². The van der Waals surface area contributed by atoms with E-state index >= 15 is 0 Å². The van der Waals surface area contributed by atoms with Gasteiger partial charge in [-0.1, -0.05) is 60.1 Å². The van der Waals surface area contributed by atoms with Gasteiger partial charge < -0.3 is 4.18 Å². The molecule has 0 atom stereocenters. The normalized spacial score (nSPS) is 11.2. The van der Waals surface area contributed by atoms with Crippen LogP contribution in [0.1, 0.15) is 0 Å². The lowest BCUT2D eigenvalue weighted by Gasteiger charge is -2.12. The highest BCUT2D eigenvalue weighted by Crippen LogP contribution is 2.33. The van der Waals surface area contributed by atoms with Gasteiger partial charge in [-0.3, -0.25) is 0 Å². The molecule has 24 heavy (non-hydrogen) atoms. The quantitative estimate of drug-likeness (QED) is 0.619. The SMILES string of the molecule is O=S(=O)(Oc1ccccc1-c1ccccc1)c1cc(F)ccc1Cl. The summed E-state index contributed by atoms with van der Waals surface area (Å²) in [6.45, 7) is 0. The Bertz CT molecular complexity index is 973. The standard InChI is InChI=1S/C18H12ClFO3S/c19-16-11-10-14(20)12-18(16)24(21,22)23-17-9-5-4-8-15(17)13-6-2-1-3-7-13/h1-12H. The van der Waals surface area contributed by atoms with Crippen LogP contribution in [0.3, 0.4) is 0 Å². The minimum atomic E-state index is -4.27. The van der Waals surface area contributed by atoms with E-state index in [0.717, 1.165) is 17.7 Å². The summed E-state index contributed by atoms with van der Waals surface area (Å²) in [5, 5.41) is -0.103. The van der Waals surface area contributed by atoms with E-state index in [0.29, 0.717) is 5.56 Å². The van der Waals surface area contributed by atoms with Crippen molar-refractivity contribution in [3.8, 4) is 16.9 Å². The van der Waals surface area contributed by atoms with Crippen LogP contribution in [-0.4, -0.2) is 8.42 Å². The fraction of sp³-hybridized carbons (Fsp3) is 0. The molecule has 6 heteroatoms. The van der Waals surface area contributed by atoms with E-state index in [-0.39, 0.29) is 10.8 Å². The third-order valence-corrected chi connectivity index (χ3v) is 5.05. The highest BCUT2D eigenvalue weighted by molar-refractivity contribution is 7.87. The molecule has 0 amide bonds. The monoisotopic (exact) mass is 362 g/mol. The summed E-state index contributed by atoms with van der Waals surface area (Å²) in [5.41, 5.74) is 1.41. The number of hydrogen-bond acceptors (Lipinski definition) is 3. The Morgan fingerprint density at radius 1 is 0.875 bits per heavy atom. The second-order valence-corrected chi connectivity index (χ2v) is 6.90. The molecule has 0 unspecified atom stereocenters. The second kappa shape index (κ2) is 6.63. The molecule has 0 bridgehead atoms. The maximum absolute atomic E-state index is 13.4. The van der Waals surface area contributed by atoms with Crippen LogP contribution >= 0.6 is 11.6 Å². The molecule has 0 aliphatic heterocycles. The van der Waals surface area contributed by atoms with Crippen LogP contribution in [0, 0.1) is 5.82 Å². The van der Waals surface area contributed by atoms with Crippen LogP contribution in [-0.2, 0) is 10.1 Å². The minimum Gasteiger partial charge on any atom is -0.378 e. The maximum atomic E-state index is 13.4. The smallest absolute Gasteiger partial charge is 0.340 e. The molecule has 0 fully saturated rings. The molecule has 0 heterocycles. The van der Waals surface area contributed by atoms with Crippen molar-refractivity contribution in [3.63, 3.8) is 0 Å². The summed E-state index contributed by atoms with van der Waals surface area (Å²) < 4.78 is 43.6. The first-order valence-electron chi connectivity index (χ1n) is 7.01. The van der Waals surface area contributed by atoms with E-state index < -0.39 is 20.8 Å². The second-order valence-electron chi connectivity index (χ2n) is 4.97. The van der Waals surface area contributed by atoms with Gasteiger partial charge in [0.2, 0.25) is 0 Å². The zero-order valence-electron chi connectivity index (χ0n) is 12.3. The molecule has 0 radical (unpaired) electrons. The minimum absolute atomic E-state index is 0.103. The summed E-state index contributed by atoms with van der Waals surface area (Å²) in [4.78, 5) is -0.410. The average molecular weight is 363 g/mol. The molecule has 0 aromatic heterocycles. The number of hydrogen-bond donors (Lipinski definition) is 0. The van der Waals surface area contributed by atoms with Crippen molar-refractivity contribution < 1.29 is 17.0 Å². The van der Waals surface area contributed by atoms with Crippen molar-refractivity contribution in [2.45, 2.75) is 4.90 Å². The molecular formula is C18H12ClFO3S. The molecule has 122 valence electrons. The molecular weight excluding hydrogens is 351 g/mol. The molecule has 3 rings (SSSR count). The van der Waals surface area contributed by atoms with E-state index in [1.54, 1.807) is 18.2 Å². The van der Waals surface area contributed by atoms with Gasteiger partial charge in [0.15, 0.2) is 5.75 Å². The van der Waals surface area contributed by atoms with Gasteiger partial charge in [-0.05, 0) is 29.8 Å². The summed E-state index contributed by atoms with van der Waals surface area (Å²) in [6, 6.07) is 19.0. The molecule has 0 aliphatic carbocycles. The molecule has 0 saturated carbocycles. The first kappa shape index (κ1) is 16.5. The third-order valence-electron chi connectivity index (χ3n) is 3.33. The number of benzene rings is 3. The Morgan fingerprint density at radius 3 is 2.29 bits per heavy atom. The first-order chi connectivity index (χ1) is 11.5. The van der Waals surface area contributed by atoms with Gasteiger partial charge in [0.05, 0.1) is 5.02 Å². The molecule has 0 aliphatic rings. The average Bonchev–Trinajstić information content (AvgIpc) is 2.58. The predicted octanol–water partition coefficient (Wildman–Crippen LogP) is 4.91.